The summed E-state index contributed by atoms with van der Waals surface area (Å²) in [4.78, 5) is 45.6. The van der Waals surface area contributed by atoms with E-state index in [1.165, 1.54) is 29.4 Å². The highest BCUT2D eigenvalue weighted by atomic mass is 35.5. The molecule has 5 heterocycles. The predicted molar refractivity (Wildman–Crippen MR) is 250 cm³/mol. The third-order valence-electron chi connectivity index (χ3n) is 8.84. The second-order valence-electron chi connectivity index (χ2n) is 13.0. The summed E-state index contributed by atoms with van der Waals surface area (Å²) >= 11 is 3.26. The van der Waals surface area contributed by atoms with Crippen molar-refractivity contribution in [2.45, 2.75) is 34.3 Å². The van der Waals surface area contributed by atoms with Crippen molar-refractivity contribution < 1.29 is 24.6 Å². The highest BCUT2D eigenvalue weighted by molar-refractivity contribution is 7.08. The molecule has 9 aromatic rings. The van der Waals surface area contributed by atoms with Gasteiger partial charge in [0.25, 0.3) is 11.8 Å². The van der Waals surface area contributed by atoms with Gasteiger partial charge in [0.2, 0.25) is 11.9 Å². The number of aryl methyl sites for hydroxylation is 2. The monoisotopic (exact) mass is 908 g/mol. The number of anilines is 3. The van der Waals surface area contributed by atoms with E-state index in [2.05, 4.69) is 59.9 Å². The number of benzene rings is 4. The molecular formula is C43H41ClN10O5S3. The summed E-state index contributed by atoms with van der Waals surface area (Å²) in [5, 5.41) is 23.4. The molecule has 0 atom stereocenters. The van der Waals surface area contributed by atoms with E-state index in [0.29, 0.717) is 32.9 Å². The Balaban J connectivity index is 0.000000194. The van der Waals surface area contributed by atoms with Crippen LogP contribution in [0.3, 0.4) is 0 Å². The number of aromatic nitrogens is 7. The van der Waals surface area contributed by atoms with Crippen LogP contribution in [0, 0.1) is 6.92 Å². The van der Waals surface area contributed by atoms with E-state index < -0.39 is 5.97 Å². The normalized spacial score (nSPS) is 10.4. The van der Waals surface area contributed by atoms with E-state index in [-0.39, 0.29) is 43.1 Å². The van der Waals surface area contributed by atoms with E-state index in [1.54, 1.807) is 36.7 Å². The minimum Gasteiger partial charge on any atom is -0.477 e. The number of hydrogen-bond donors (Lipinski definition) is 5. The molecule has 9 rings (SSSR count). The fourth-order valence-corrected chi connectivity index (χ4v) is 7.43. The van der Waals surface area contributed by atoms with E-state index >= 15 is 0 Å². The molecule has 0 bridgehead atoms. The molecule has 15 nitrogen and oxygen atoms in total. The number of carboxylic acids is 1. The molecular weight excluding hydrogens is 868 g/mol. The Morgan fingerprint density at radius 3 is 1.58 bits per heavy atom. The number of aliphatic hydroxyl groups excluding tert-OH is 1. The standard InChI is InChI=1S/C20H18N4OS.C18H15N5O2S.C4H3NO2S.CH4.ClH/c1-3-14-7-8-17-16(12-14)22-20(23-19(25)18-9-10-21-26-18)24(17)15-6-4-5-13(2)11-15;19-12-2-1-3-13(9-12)23-15-5-4-11(10-24)8-14(15)21-18(23)22-17(25)16-6-7-20-26-16;6-4(7)3-1-2-5-8-3;;/h4-12H,3H2,1-2H3,(H,22,23,25);1-9,24H,10,19H2,(H,21,22,25);1-2H,(H,6,7);1H4;1H. The first kappa shape index (κ1) is 46.2. The summed E-state index contributed by atoms with van der Waals surface area (Å²) in [5.41, 5.74) is 14.7. The zero-order valence-electron chi connectivity index (χ0n) is 32.4. The van der Waals surface area contributed by atoms with Gasteiger partial charge in [0.15, 0.2) is 0 Å². The molecule has 0 saturated heterocycles. The first-order valence-electron chi connectivity index (χ1n) is 18.3. The van der Waals surface area contributed by atoms with Crippen molar-refractivity contribution in [1.82, 2.24) is 32.2 Å². The van der Waals surface area contributed by atoms with Crippen LogP contribution in [0.2, 0.25) is 0 Å². The van der Waals surface area contributed by atoms with E-state index in [4.69, 9.17) is 15.8 Å². The van der Waals surface area contributed by atoms with Gasteiger partial charge in [-0.25, -0.2) is 27.9 Å². The third kappa shape index (κ3) is 10.7. The number of nitrogens with one attached hydrogen (secondary N) is 2. The van der Waals surface area contributed by atoms with Crippen LogP contribution in [0.4, 0.5) is 17.6 Å². The van der Waals surface area contributed by atoms with Gasteiger partial charge in [0.1, 0.15) is 14.6 Å². The predicted octanol–water partition coefficient (Wildman–Crippen LogP) is 9.31. The van der Waals surface area contributed by atoms with Crippen LogP contribution < -0.4 is 16.4 Å². The summed E-state index contributed by atoms with van der Waals surface area (Å²) in [6.45, 7) is 4.09. The van der Waals surface area contributed by atoms with Crippen molar-refractivity contribution in [2.24, 2.45) is 0 Å². The molecule has 318 valence electrons. The summed E-state index contributed by atoms with van der Waals surface area (Å²) in [7, 11) is 0. The minimum absolute atomic E-state index is 0. The Morgan fingerprint density at radius 1 is 0.661 bits per heavy atom. The highest BCUT2D eigenvalue weighted by Crippen LogP contribution is 2.29. The maximum atomic E-state index is 12.5. The smallest absolute Gasteiger partial charge is 0.347 e. The lowest BCUT2D eigenvalue weighted by atomic mass is 10.1. The van der Waals surface area contributed by atoms with Crippen molar-refractivity contribution in [2.75, 3.05) is 16.4 Å². The number of nitrogen functional groups attached to an aromatic ring is 1. The molecule has 2 amide bonds. The first-order valence-corrected chi connectivity index (χ1v) is 20.6. The molecule has 19 heteroatoms. The maximum Gasteiger partial charge on any atom is 0.347 e. The van der Waals surface area contributed by atoms with Gasteiger partial charge in [0, 0.05) is 30.0 Å². The molecule has 0 spiro atoms. The molecule has 0 aliphatic heterocycles. The number of hydrogen-bond acceptors (Lipinski definition) is 13. The third-order valence-corrected chi connectivity index (χ3v) is 11.1. The Hall–Kier alpha value is -6.83. The minimum atomic E-state index is -0.910. The van der Waals surface area contributed by atoms with Crippen LogP contribution in [0.5, 0.6) is 0 Å². The largest absolute Gasteiger partial charge is 0.477 e. The fourth-order valence-electron chi connectivity index (χ4n) is 6.01. The SMILES string of the molecule is C.CCc1ccc2c(c1)nc(NC(=O)c1ccns1)n2-c1cccc(C)c1.Cl.Nc1cccc(-n2c(NC(=O)c3ccns3)nc3cc(CO)ccc32)c1.O=C(O)c1ccns1. The van der Waals surface area contributed by atoms with Crippen LogP contribution in [0.15, 0.2) is 122 Å². The highest BCUT2D eigenvalue weighted by Gasteiger charge is 2.19. The van der Waals surface area contributed by atoms with Gasteiger partial charge in [0.05, 0.1) is 34.4 Å². The number of halogens is 1. The molecule has 0 fully saturated rings. The topological polar surface area (TPSA) is 216 Å². The molecule has 62 heavy (non-hydrogen) atoms. The Kier molecular flexibility index (Phi) is 15.7. The summed E-state index contributed by atoms with van der Waals surface area (Å²) < 4.78 is 15.4. The van der Waals surface area contributed by atoms with E-state index in [0.717, 1.165) is 68.5 Å². The lowest BCUT2D eigenvalue weighted by molar-refractivity contribution is 0.0701. The average Bonchev–Trinajstić information content (AvgIpc) is 4.11. The molecule has 6 N–H and O–H groups in total. The van der Waals surface area contributed by atoms with Gasteiger partial charge in [-0.15, -0.1) is 12.4 Å². The zero-order chi connectivity index (χ0) is 42.2. The lowest BCUT2D eigenvalue weighted by Gasteiger charge is -2.10. The van der Waals surface area contributed by atoms with Crippen molar-refractivity contribution in [3.05, 3.63) is 153 Å². The number of rotatable bonds is 9. The average molecular weight is 910 g/mol. The van der Waals surface area contributed by atoms with E-state index in [1.807, 2.05) is 64.6 Å². The number of nitrogens with zero attached hydrogens (tertiary/aromatic N) is 7. The maximum absolute atomic E-state index is 12.5. The molecule has 0 aliphatic carbocycles. The Labute approximate surface area is 374 Å². The van der Waals surface area contributed by atoms with Crippen molar-refractivity contribution in [3.8, 4) is 11.4 Å². The zero-order valence-corrected chi connectivity index (χ0v) is 35.7. The fraction of sp³-hybridized carbons (Fsp3) is 0.116. The number of amides is 2. The summed E-state index contributed by atoms with van der Waals surface area (Å²) in [6.07, 6.45) is 5.61. The Morgan fingerprint density at radius 2 is 1.15 bits per heavy atom. The van der Waals surface area contributed by atoms with Crippen LogP contribution >= 0.6 is 47.0 Å². The second-order valence-corrected chi connectivity index (χ2v) is 15.5. The number of aromatic carboxylic acids is 1. The van der Waals surface area contributed by atoms with Gasteiger partial charge in [-0.1, -0.05) is 44.7 Å². The number of nitrogens with two attached hydrogens (primary N) is 1. The van der Waals surface area contributed by atoms with Crippen LogP contribution in [-0.2, 0) is 13.0 Å². The summed E-state index contributed by atoms with van der Waals surface area (Å²) in [6, 6.07) is 32.0. The quantitative estimate of drug-likeness (QED) is 0.0860. The number of imidazole rings is 2. The second kappa shape index (κ2) is 21.1. The number of carboxylic acid groups (broad SMARTS) is 1. The number of carbonyl (C=O) groups is 3. The molecule has 0 saturated carbocycles. The lowest BCUT2D eigenvalue weighted by Crippen LogP contribution is -2.14. The van der Waals surface area contributed by atoms with Crippen LogP contribution in [0.1, 0.15) is 60.1 Å². The van der Waals surface area contributed by atoms with Gasteiger partial charge in [-0.2, -0.15) is 0 Å². The molecule has 5 aromatic heterocycles. The van der Waals surface area contributed by atoms with Gasteiger partial charge in [-0.05, 0) is 137 Å². The molecule has 0 aliphatic rings. The first-order chi connectivity index (χ1) is 29.1. The molecule has 0 radical (unpaired) electrons. The Bertz CT molecular complexity index is 2740. The van der Waals surface area contributed by atoms with Gasteiger partial charge >= 0.3 is 5.97 Å². The van der Waals surface area contributed by atoms with Crippen molar-refractivity contribution >= 4 is 104 Å². The van der Waals surface area contributed by atoms with Gasteiger partial charge in [-0.3, -0.25) is 29.4 Å². The van der Waals surface area contributed by atoms with Crippen molar-refractivity contribution in [1.29, 1.82) is 0 Å². The van der Waals surface area contributed by atoms with E-state index in [9.17, 15) is 19.5 Å². The van der Waals surface area contributed by atoms with Crippen LogP contribution in [0.25, 0.3) is 33.4 Å². The molecule has 4 aromatic carbocycles. The number of aliphatic hydroxyl groups is 1. The van der Waals surface area contributed by atoms with Crippen molar-refractivity contribution in [3.63, 3.8) is 0 Å². The van der Waals surface area contributed by atoms with Gasteiger partial charge < -0.3 is 15.9 Å². The van der Waals surface area contributed by atoms with Crippen LogP contribution in [-0.4, -0.2) is 60.2 Å². The molecule has 0 unspecified atom stereocenters. The number of carbonyl (C=O) groups excluding carboxylic acids is 2. The summed E-state index contributed by atoms with van der Waals surface area (Å²) in [5.74, 6) is -0.508. The number of fused-ring (bicyclic) bond motifs is 2.